The van der Waals surface area contributed by atoms with Crippen molar-refractivity contribution in [1.82, 2.24) is 15.3 Å². The first-order valence-corrected chi connectivity index (χ1v) is 12.8. The summed E-state index contributed by atoms with van der Waals surface area (Å²) in [5.41, 5.74) is 1.37. The van der Waals surface area contributed by atoms with E-state index in [0.29, 0.717) is 23.0 Å². The summed E-state index contributed by atoms with van der Waals surface area (Å²) in [6.45, 7) is 4.00. The largest absolute Gasteiger partial charge is 0.481 e. The number of halogens is 1. The fourth-order valence-electron chi connectivity index (χ4n) is 5.15. The first-order chi connectivity index (χ1) is 16.0. The third-order valence-electron chi connectivity index (χ3n) is 7.08. The lowest BCUT2D eigenvalue weighted by molar-refractivity contribution is 0.292. The molecular weight excluding hydrogens is 454 g/mol. The predicted octanol–water partition coefficient (Wildman–Crippen LogP) is 5.71. The number of rotatable bonds is 6. The van der Waals surface area contributed by atoms with E-state index in [-0.39, 0.29) is 5.41 Å². The minimum atomic E-state index is 0.0538. The van der Waals surface area contributed by atoms with Crippen molar-refractivity contribution in [3.05, 3.63) is 40.9 Å². The number of hydrogen-bond donors (Lipinski definition) is 2. The minimum Gasteiger partial charge on any atom is -0.481 e. The van der Waals surface area contributed by atoms with Crippen LogP contribution in [0, 0.1) is 0 Å². The molecule has 33 heavy (non-hydrogen) atoms. The van der Waals surface area contributed by atoms with Crippen molar-refractivity contribution in [3.63, 3.8) is 0 Å². The van der Waals surface area contributed by atoms with Crippen LogP contribution in [-0.4, -0.2) is 41.3 Å². The van der Waals surface area contributed by atoms with Gasteiger partial charge in [0.2, 0.25) is 11.8 Å². The smallest absolute Gasteiger partial charge is 0.234 e. The number of methoxy groups -OCH3 is 1. The van der Waals surface area contributed by atoms with E-state index in [4.69, 9.17) is 33.5 Å². The van der Waals surface area contributed by atoms with Gasteiger partial charge in [-0.1, -0.05) is 43.0 Å². The van der Waals surface area contributed by atoms with E-state index >= 15 is 0 Å². The Bertz CT molecular complexity index is 948. The van der Waals surface area contributed by atoms with Gasteiger partial charge in [0.15, 0.2) is 5.11 Å². The number of piperidine rings is 1. The van der Waals surface area contributed by atoms with Crippen molar-refractivity contribution < 1.29 is 4.74 Å². The summed E-state index contributed by atoms with van der Waals surface area (Å²) in [4.78, 5) is 11.6. The first-order valence-electron chi connectivity index (χ1n) is 12.0. The van der Waals surface area contributed by atoms with Crippen LogP contribution in [0.25, 0.3) is 0 Å². The van der Waals surface area contributed by atoms with Crippen LogP contribution in [-0.2, 0) is 5.41 Å². The lowest BCUT2D eigenvalue weighted by Gasteiger charge is -2.38. The van der Waals surface area contributed by atoms with Crippen LogP contribution in [0.1, 0.15) is 63.9 Å². The molecule has 2 aromatic rings. The summed E-state index contributed by atoms with van der Waals surface area (Å²) in [6, 6.07) is 10.6. The molecule has 1 aliphatic heterocycles. The first kappa shape index (κ1) is 24.0. The van der Waals surface area contributed by atoms with Crippen molar-refractivity contribution in [2.45, 2.75) is 69.7 Å². The van der Waals surface area contributed by atoms with Crippen LogP contribution in [0.4, 0.5) is 11.8 Å². The van der Waals surface area contributed by atoms with Crippen LogP contribution >= 0.6 is 23.8 Å². The molecule has 0 bridgehead atoms. The van der Waals surface area contributed by atoms with E-state index in [1.165, 1.54) is 44.1 Å². The molecule has 0 radical (unpaired) electrons. The number of nitrogens with one attached hydrogen (secondary N) is 2. The summed E-state index contributed by atoms with van der Waals surface area (Å²) in [7, 11) is 1.63. The van der Waals surface area contributed by atoms with Gasteiger partial charge < -0.3 is 20.3 Å². The highest BCUT2D eigenvalue weighted by molar-refractivity contribution is 7.80. The fourth-order valence-corrected chi connectivity index (χ4v) is 5.44. The molecule has 4 rings (SSSR count). The van der Waals surface area contributed by atoms with E-state index in [0.717, 1.165) is 36.8 Å². The van der Waals surface area contributed by atoms with Gasteiger partial charge >= 0.3 is 0 Å². The second kappa shape index (κ2) is 10.9. The third-order valence-corrected chi connectivity index (χ3v) is 7.57. The number of benzene rings is 1. The van der Waals surface area contributed by atoms with Gasteiger partial charge in [-0.25, -0.2) is 0 Å². The average molecular weight is 488 g/mol. The number of hydrogen-bond acceptors (Lipinski definition) is 5. The number of nitrogens with zero attached hydrogens (tertiary/aromatic N) is 3. The molecule has 0 unspecified atom stereocenters. The van der Waals surface area contributed by atoms with Gasteiger partial charge in [-0.05, 0) is 68.9 Å². The number of ether oxygens (including phenoxy) is 1. The van der Waals surface area contributed by atoms with Crippen molar-refractivity contribution in [2.24, 2.45) is 0 Å². The Labute approximate surface area is 207 Å². The second-order valence-corrected chi connectivity index (χ2v) is 10.1. The normalized spacial score (nSPS) is 20.2. The van der Waals surface area contributed by atoms with Crippen molar-refractivity contribution in [3.8, 4) is 5.88 Å². The minimum absolute atomic E-state index is 0.0538. The van der Waals surface area contributed by atoms with Gasteiger partial charge in [0.25, 0.3) is 0 Å². The quantitative estimate of drug-likeness (QED) is 0.506. The molecule has 1 atom stereocenters. The van der Waals surface area contributed by atoms with E-state index < -0.39 is 0 Å². The summed E-state index contributed by atoms with van der Waals surface area (Å²) < 4.78 is 5.45. The van der Waals surface area contributed by atoms with Crippen LogP contribution < -0.4 is 20.3 Å². The highest BCUT2D eigenvalue weighted by Gasteiger charge is 2.34. The SMILES string of the molecule is COc1cc(N2CCCC[C@H]2C)nc(NC(=S)NCC2(c3ccc(Cl)cc3)CCCCC2)n1. The van der Waals surface area contributed by atoms with Crippen LogP contribution in [0.5, 0.6) is 5.88 Å². The molecule has 1 saturated carbocycles. The zero-order valence-electron chi connectivity index (χ0n) is 19.6. The maximum atomic E-state index is 6.14. The summed E-state index contributed by atoms with van der Waals surface area (Å²) in [6.07, 6.45) is 9.60. The molecule has 1 saturated heterocycles. The average Bonchev–Trinajstić information content (AvgIpc) is 2.84. The molecule has 2 heterocycles. The zero-order valence-corrected chi connectivity index (χ0v) is 21.1. The highest BCUT2D eigenvalue weighted by Crippen LogP contribution is 2.39. The molecule has 6 nitrogen and oxygen atoms in total. The summed E-state index contributed by atoms with van der Waals surface area (Å²) in [5, 5.41) is 7.95. The molecule has 8 heteroatoms. The van der Waals surface area contributed by atoms with Crippen LogP contribution in [0.2, 0.25) is 5.02 Å². The standard InChI is InChI=1S/C25H34ClN5OS/c1-18-8-4-7-15-31(18)21-16-22(32-2)29-23(28-21)30-24(33)27-17-25(13-5-3-6-14-25)19-9-11-20(26)12-10-19/h9-12,16,18H,3-8,13-15,17H2,1-2H3,(H2,27,28,29,30,33)/t18-/m1/s1. The van der Waals surface area contributed by atoms with E-state index in [1.54, 1.807) is 7.11 Å². The molecule has 2 N–H and O–H groups in total. The lowest BCUT2D eigenvalue weighted by atomic mass is 9.69. The van der Waals surface area contributed by atoms with Crippen molar-refractivity contribution in [1.29, 1.82) is 0 Å². The second-order valence-electron chi connectivity index (χ2n) is 9.29. The van der Waals surface area contributed by atoms with E-state index in [9.17, 15) is 0 Å². The molecule has 0 spiro atoms. The molecule has 2 aliphatic rings. The van der Waals surface area contributed by atoms with E-state index in [1.807, 2.05) is 18.2 Å². The summed E-state index contributed by atoms with van der Waals surface area (Å²) >= 11 is 11.8. The Morgan fingerprint density at radius 3 is 2.61 bits per heavy atom. The lowest BCUT2D eigenvalue weighted by Crippen LogP contribution is -2.43. The molecule has 2 fully saturated rings. The van der Waals surface area contributed by atoms with Crippen molar-refractivity contribution >= 4 is 40.7 Å². The molecular formula is C25H34ClN5OS. The monoisotopic (exact) mass is 487 g/mol. The highest BCUT2D eigenvalue weighted by atomic mass is 35.5. The predicted molar refractivity (Wildman–Crippen MR) is 140 cm³/mol. The Hall–Kier alpha value is -2.12. The third kappa shape index (κ3) is 5.87. The van der Waals surface area contributed by atoms with E-state index in [2.05, 4.69) is 39.6 Å². The maximum Gasteiger partial charge on any atom is 0.234 e. The molecule has 1 aromatic heterocycles. The fraction of sp³-hybridized carbons (Fsp3) is 0.560. The molecule has 178 valence electrons. The molecule has 1 aliphatic carbocycles. The van der Waals surface area contributed by atoms with Crippen molar-refractivity contribution in [2.75, 3.05) is 30.4 Å². The number of anilines is 2. The van der Waals surface area contributed by atoms with Gasteiger partial charge in [0, 0.05) is 35.6 Å². The topological polar surface area (TPSA) is 62.3 Å². The Kier molecular flexibility index (Phi) is 7.91. The maximum absolute atomic E-state index is 6.14. The van der Waals surface area contributed by atoms with Gasteiger partial charge in [-0.15, -0.1) is 0 Å². The molecule has 0 amide bonds. The Morgan fingerprint density at radius 2 is 1.91 bits per heavy atom. The zero-order chi connectivity index (χ0) is 23.3. The number of aromatic nitrogens is 2. The number of thiocarbonyl (C=S) groups is 1. The Balaban J connectivity index is 1.46. The van der Waals surface area contributed by atoms with Gasteiger partial charge in [-0.2, -0.15) is 9.97 Å². The molecule has 1 aromatic carbocycles. The Morgan fingerprint density at radius 1 is 1.15 bits per heavy atom. The van der Waals surface area contributed by atoms with Crippen LogP contribution in [0.3, 0.4) is 0 Å². The van der Waals surface area contributed by atoms with Gasteiger partial charge in [0.05, 0.1) is 7.11 Å². The summed E-state index contributed by atoms with van der Waals surface area (Å²) in [5.74, 6) is 1.88. The van der Waals surface area contributed by atoms with Gasteiger partial charge in [-0.3, -0.25) is 0 Å². The van der Waals surface area contributed by atoms with Crippen LogP contribution in [0.15, 0.2) is 30.3 Å². The van der Waals surface area contributed by atoms with Gasteiger partial charge in [0.1, 0.15) is 5.82 Å².